The van der Waals surface area contributed by atoms with Crippen molar-refractivity contribution in [3.05, 3.63) is 27.7 Å². The van der Waals surface area contributed by atoms with Crippen LogP contribution in [-0.2, 0) is 4.74 Å². The first kappa shape index (κ1) is 17.1. The van der Waals surface area contributed by atoms with Gasteiger partial charge in [-0.1, -0.05) is 11.6 Å². The number of benzene rings is 1. The van der Waals surface area contributed by atoms with Crippen molar-refractivity contribution in [2.75, 3.05) is 26.2 Å². The molecule has 0 bridgehead atoms. The van der Waals surface area contributed by atoms with E-state index in [1.807, 2.05) is 18.2 Å². The molecule has 1 heterocycles. The zero-order valence-electron chi connectivity index (χ0n) is 12.7. The van der Waals surface area contributed by atoms with Gasteiger partial charge in [0.15, 0.2) is 0 Å². The van der Waals surface area contributed by atoms with Gasteiger partial charge in [0.25, 0.3) is 0 Å². The van der Waals surface area contributed by atoms with Crippen LogP contribution in [0.3, 0.4) is 0 Å². The Bertz CT molecular complexity index is 448. The molecular weight excluding hydrogens is 354 g/mol. The smallest absolute Gasteiger partial charge is 0.133 e. The molecule has 0 radical (unpaired) electrons. The van der Waals surface area contributed by atoms with E-state index >= 15 is 0 Å². The Labute approximate surface area is 140 Å². The van der Waals surface area contributed by atoms with Gasteiger partial charge in [-0.25, -0.2) is 0 Å². The molecule has 1 fully saturated rings. The number of nitrogens with one attached hydrogen (secondary N) is 1. The molecule has 1 N–H and O–H groups in total. The molecular formula is C16H24BrClNO2+. The maximum Gasteiger partial charge on any atom is 0.133 e. The average Bonchev–Trinajstić information content (AvgIpc) is 2.39. The van der Waals surface area contributed by atoms with E-state index in [1.54, 1.807) is 4.90 Å². The van der Waals surface area contributed by atoms with Crippen molar-refractivity contribution >= 4 is 27.5 Å². The molecule has 1 aliphatic heterocycles. The van der Waals surface area contributed by atoms with Crippen molar-refractivity contribution in [1.82, 2.24) is 0 Å². The topological polar surface area (TPSA) is 22.9 Å². The number of halogens is 2. The molecule has 0 amide bonds. The highest BCUT2D eigenvalue weighted by Crippen LogP contribution is 2.27. The molecule has 0 saturated carbocycles. The van der Waals surface area contributed by atoms with Gasteiger partial charge in [-0.05, 0) is 60.8 Å². The van der Waals surface area contributed by atoms with Crippen molar-refractivity contribution < 1.29 is 14.4 Å². The SMILES string of the molecule is C[C@@H]1C[NH+](CCCCOc2ccc(Cl)cc2Br)C[C@@H](C)O1. The molecule has 1 saturated heterocycles. The third-order valence-electron chi connectivity index (χ3n) is 3.69. The van der Waals surface area contributed by atoms with Crippen LogP contribution in [0.25, 0.3) is 0 Å². The van der Waals surface area contributed by atoms with Crippen LogP contribution in [0.5, 0.6) is 5.75 Å². The Balaban J connectivity index is 1.63. The Morgan fingerprint density at radius 3 is 2.67 bits per heavy atom. The summed E-state index contributed by atoms with van der Waals surface area (Å²) in [5.41, 5.74) is 0. The highest BCUT2D eigenvalue weighted by Gasteiger charge is 2.24. The second-order valence-electron chi connectivity index (χ2n) is 5.80. The van der Waals surface area contributed by atoms with E-state index < -0.39 is 0 Å². The molecule has 0 spiro atoms. The minimum atomic E-state index is 0.380. The van der Waals surface area contributed by atoms with Crippen LogP contribution in [-0.4, -0.2) is 38.4 Å². The van der Waals surface area contributed by atoms with Crippen LogP contribution in [0.15, 0.2) is 22.7 Å². The summed E-state index contributed by atoms with van der Waals surface area (Å²) in [6, 6.07) is 5.61. The van der Waals surface area contributed by atoms with Crippen LogP contribution in [0.4, 0.5) is 0 Å². The fourth-order valence-corrected chi connectivity index (χ4v) is 3.64. The molecule has 3 nitrogen and oxygen atoms in total. The maximum absolute atomic E-state index is 5.91. The van der Waals surface area contributed by atoms with Gasteiger partial charge >= 0.3 is 0 Å². The Morgan fingerprint density at radius 1 is 1.29 bits per heavy atom. The molecule has 118 valence electrons. The lowest BCUT2D eigenvalue weighted by atomic mass is 10.2. The lowest BCUT2D eigenvalue weighted by Gasteiger charge is -2.32. The van der Waals surface area contributed by atoms with E-state index in [1.165, 1.54) is 13.0 Å². The standard InChI is InChI=1S/C16H23BrClNO2/c1-12-10-19(11-13(2)21-12)7-3-4-8-20-16-6-5-14(18)9-15(16)17/h5-6,9,12-13H,3-4,7-8,10-11H2,1-2H3/p+1/t12-,13-/m1/s1. The van der Waals surface area contributed by atoms with Crippen LogP contribution < -0.4 is 9.64 Å². The summed E-state index contributed by atoms with van der Waals surface area (Å²) in [6.45, 7) is 8.51. The van der Waals surface area contributed by atoms with E-state index in [4.69, 9.17) is 21.1 Å². The Morgan fingerprint density at radius 2 is 2.00 bits per heavy atom. The van der Waals surface area contributed by atoms with Crippen molar-refractivity contribution in [3.63, 3.8) is 0 Å². The molecule has 2 atom stereocenters. The van der Waals surface area contributed by atoms with Gasteiger partial charge in [0.2, 0.25) is 0 Å². The molecule has 1 aromatic rings. The summed E-state index contributed by atoms with van der Waals surface area (Å²) >= 11 is 9.38. The van der Waals surface area contributed by atoms with Gasteiger partial charge in [-0.2, -0.15) is 0 Å². The number of hydrogen-bond acceptors (Lipinski definition) is 2. The highest BCUT2D eigenvalue weighted by atomic mass is 79.9. The first-order valence-electron chi connectivity index (χ1n) is 7.61. The zero-order chi connectivity index (χ0) is 15.2. The predicted molar refractivity (Wildman–Crippen MR) is 89.5 cm³/mol. The Kier molecular flexibility index (Phi) is 6.80. The minimum absolute atomic E-state index is 0.380. The van der Waals surface area contributed by atoms with Gasteiger partial charge in [-0.15, -0.1) is 0 Å². The van der Waals surface area contributed by atoms with Crippen LogP contribution in [0.1, 0.15) is 26.7 Å². The first-order chi connectivity index (χ1) is 10.0. The fraction of sp³-hybridized carbons (Fsp3) is 0.625. The van der Waals surface area contributed by atoms with Gasteiger partial charge < -0.3 is 14.4 Å². The molecule has 0 unspecified atom stereocenters. The van der Waals surface area contributed by atoms with E-state index in [2.05, 4.69) is 29.8 Å². The van der Waals surface area contributed by atoms with Crippen LogP contribution in [0, 0.1) is 0 Å². The number of morpholine rings is 1. The fourth-order valence-electron chi connectivity index (χ4n) is 2.84. The van der Waals surface area contributed by atoms with Crippen molar-refractivity contribution in [3.8, 4) is 5.75 Å². The van der Waals surface area contributed by atoms with E-state index in [-0.39, 0.29) is 0 Å². The Hall–Kier alpha value is -0.290. The molecule has 5 heteroatoms. The quantitative estimate of drug-likeness (QED) is 0.770. The van der Waals surface area contributed by atoms with Crippen molar-refractivity contribution in [2.45, 2.75) is 38.9 Å². The van der Waals surface area contributed by atoms with E-state index in [9.17, 15) is 0 Å². The highest BCUT2D eigenvalue weighted by molar-refractivity contribution is 9.10. The third kappa shape index (κ3) is 5.78. The number of hydrogen-bond donors (Lipinski definition) is 1. The third-order valence-corrected chi connectivity index (χ3v) is 4.55. The van der Waals surface area contributed by atoms with Gasteiger partial charge in [0.05, 0.1) is 17.6 Å². The summed E-state index contributed by atoms with van der Waals surface area (Å²) in [5, 5.41) is 0.716. The normalized spacial score (nSPS) is 25.8. The second-order valence-corrected chi connectivity index (χ2v) is 7.09. The molecule has 2 rings (SSSR count). The first-order valence-corrected chi connectivity index (χ1v) is 8.78. The predicted octanol–water partition coefficient (Wildman–Crippen LogP) is 2.95. The average molecular weight is 378 g/mol. The summed E-state index contributed by atoms with van der Waals surface area (Å²) in [6.07, 6.45) is 3.01. The lowest BCUT2D eigenvalue weighted by molar-refractivity contribution is -0.915. The van der Waals surface area contributed by atoms with E-state index in [0.29, 0.717) is 17.2 Å². The van der Waals surface area contributed by atoms with Gasteiger partial charge in [0, 0.05) is 5.02 Å². The minimum Gasteiger partial charge on any atom is -0.492 e. The second kappa shape index (κ2) is 8.37. The van der Waals surface area contributed by atoms with Gasteiger partial charge in [-0.3, -0.25) is 0 Å². The summed E-state index contributed by atoms with van der Waals surface area (Å²) in [7, 11) is 0. The van der Waals surface area contributed by atoms with Gasteiger partial charge in [0.1, 0.15) is 31.0 Å². The number of quaternary nitrogens is 1. The molecule has 1 aromatic carbocycles. The molecule has 1 aliphatic rings. The molecule has 0 aliphatic carbocycles. The summed E-state index contributed by atoms with van der Waals surface area (Å²) < 4.78 is 12.5. The molecule has 0 aromatic heterocycles. The number of ether oxygens (including phenoxy) is 2. The number of rotatable bonds is 6. The van der Waals surface area contributed by atoms with Crippen LogP contribution >= 0.6 is 27.5 Å². The van der Waals surface area contributed by atoms with E-state index in [0.717, 1.165) is 36.3 Å². The summed E-state index contributed by atoms with van der Waals surface area (Å²) in [5.74, 6) is 0.861. The summed E-state index contributed by atoms with van der Waals surface area (Å²) in [4.78, 5) is 1.65. The van der Waals surface area contributed by atoms with Crippen LogP contribution in [0.2, 0.25) is 5.02 Å². The van der Waals surface area contributed by atoms with Crippen molar-refractivity contribution in [1.29, 1.82) is 0 Å². The number of unbranched alkanes of at least 4 members (excludes halogenated alkanes) is 1. The largest absolute Gasteiger partial charge is 0.492 e. The van der Waals surface area contributed by atoms with Crippen molar-refractivity contribution in [2.24, 2.45) is 0 Å². The zero-order valence-corrected chi connectivity index (χ0v) is 15.0. The molecule has 21 heavy (non-hydrogen) atoms. The lowest BCUT2D eigenvalue weighted by Crippen LogP contribution is -3.15. The monoisotopic (exact) mass is 376 g/mol. The maximum atomic E-state index is 5.91.